The van der Waals surface area contributed by atoms with E-state index in [0.29, 0.717) is 0 Å². The molecule has 0 unspecified atom stereocenters. The number of benzene rings is 2. The zero-order valence-corrected chi connectivity index (χ0v) is 16.2. The maximum Gasteiger partial charge on any atom is 0.416 e. The molecule has 0 spiro atoms. The maximum atomic E-state index is 12.7. The van der Waals surface area contributed by atoms with Crippen LogP contribution in [0.1, 0.15) is 36.9 Å². The van der Waals surface area contributed by atoms with E-state index in [1.807, 2.05) is 30.3 Å². The third kappa shape index (κ3) is 7.57. The summed E-state index contributed by atoms with van der Waals surface area (Å²) in [7, 11) is 0. The molecule has 0 heterocycles. The van der Waals surface area contributed by atoms with Crippen LogP contribution in [-0.2, 0) is 25.3 Å². The van der Waals surface area contributed by atoms with Crippen molar-refractivity contribution in [1.29, 1.82) is 0 Å². The fourth-order valence-corrected chi connectivity index (χ4v) is 2.54. The molecule has 30 heavy (non-hydrogen) atoms. The van der Waals surface area contributed by atoms with Crippen molar-refractivity contribution in [3.8, 4) is 0 Å². The van der Waals surface area contributed by atoms with Gasteiger partial charge in [-0.1, -0.05) is 36.4 Å². The topological polar surface area (TPSA) is 84.5 Å². The standard InChI is InChI=1S/C21H21F3N2O4/c1-14(15-6-3-2-4-7-15)25-19(28)13-30-20(29)11-10-18(27)26-17-9-5-8-16(12-17)21(22,23)24/h2-9,12,14H,10-11,13H2,1H3,(H,25,28)(H,26,27)/t14-/m0/s1. The van der Waals surface area contributed by atoms with Crippen molar-refractivity contribution in [2.24, 2.45) is 0 Å². The third-order valence-corrected chi connectivity index (χ3v) is 4.07. The van der Waals surface area contributed by atoms with Gasteiger partial charge in [0.1, 0.15) is 0 Å². The van der Waals surface area contributed by atoms with Gasteiger partial charge in [0.05, 0.1) is 18.0 Å². The van der Waals surface area contributed by atoms with Gasteiger partial charge >= 0.3 is 12.1 Å². The summed E-state index contributed by atoms with van der Waals surface area (Å²) >= 11 is 0. The van der Waals surface area contributed by atoms with Crippen LogP contribution < -0.4 is 10.6 Å². The summed E-state index contributed by atoms with van der Waals surface area (Å²) in [6.45, 7) is 1.29. The van der Waals surface area contributed by atoms with E-state index in [0.717, 1.165) is 17.7 Å². The second kappa shape index (κ2) is 10.4. The van der Waals surface area contributed by atoms with E-state index in [1.165, 1.54) is 12.1 Å². The Balaban J connectivity index is 1.71. The minimum Gasteiger partial charge on any atom is -0.456 e. The number of hydrogen-bond acceptors (Lipinski definition) is 4. The van der Waals surface area contributed by atoms with Crippen molar-refractivity contribution in [3.63, 3.8) is 0 Å². The second-order valence-corrected chi connectivity index (χ2v) is 6.49. The van der Waals surface area contributed by atoms with Crippen LogP contribution >= 0.6 is 0 Å². The number of anilines is 1. The Morgan fingerprint density at radius 2 is 1.67 bits per heavy atom. The van der Waals surface area contributed by atoms with Crippen molar-refractivity contribution in [1.82, 2.24) is 5.32 Å². The quantitative estimate of drug-likeness (QED) is 0.633. The molecule has 0 aliphatic carbocycles. The number of hydrogen-bond donors (Lipinski definition) is 2. The van der Waals surface area contributed by atoms with Gasteiger partial charge in [-0.05, 0) is 30.7 Å². The lowest BCUT2D eigenvalue weighted by Gasteiger charge is -2.14. The van der Waals surface area contributed by atoms with Crippen LogP contribution in [0.2, 0.25) is 0 Å². The lowest BCUT2D eigenvalue weighted by atomic mass is 10.1. The van der Waals surface area contributed by atoms with Crippen LogP contribution in [0, 0.1) is 0 Å². The van der Waals surface area contributed by atoms with Crippen molar-refractivity contribution < 1.29 is 32.3 Å². The number of esters is 1. The predicted octanol–water partition coefficient (Wildman–Crippen LogP) is 3.84. The number of alkyl halides is 3. The number of ether oxygens (including phenoxy) is 1. The van der Waals surface area contributed by atoms with E-state index in [1.54, 1.807) is 6.92 Å². The van der Waals surface area contributed by atoms with Gasteiger partial charge in [0.25, 0.3) is 5.91 Å². The molecule has 0 radical (unpaired) electrons. The maximum absolute atomic E-state index is 12.7. The van der Waals surface area contributed by atoms with E-state index < -0.39 is 36.1 Å². The molecule has 160 valence electrons. The van der Waals surface area contributed by atoms with Crippen LogP contribution in [0.25, 0.3) is 0 Å². The molecule has 0 bridgehead atoms. The first-order valence-corrected chi connectivity index (χ1v) is 9.12. The molecule has 2 aromatic rings. The average molecular weight is 422 g/mol. The van der Waals surface area contributed by atoms with Crippen molar-refractivity contribution in [3.05, 3.63) is 65.7 Å². The highest BCUT2D eigenvalue weighted by atomic mass is 19.4. The monoisotopic (exact) mass is 422 g/mol. The normalized spacial score (nSPS) is 12.0. The molecule has 2 N–H and O–H groups in total. The largest absolute Gasteiger partial charge is 0.456 e. The predicted molar refractivity (Wildman–Crippen MR) is 103 cm³/mol. The Morgan fingerprint density at radius 1 is 0.967 bits per heavy atom. The summed E-state index contributed by atoms with van der Waals surface area (Å²) in [5.74, 6) is -1.90. The zero-order valence-electron chi connectivity index (χ0n) is 16.2. The fraction of sp³-hybridized carbons (Fsp3) is 0.286. The molecular weight excluding hydrogens is 401 g/mol. The Labute approximate surface area is 171 Å². The fourth-order valence-electron chi connectivity index (χ4n) is 2.54. The summed E-state index contributed by atoms with van der Waals surface area (Å²) < 4.78 is 42.9. The van der Waals surface area contributed by atoms with Gasteiger partial charge in [0.15, 0.2) is 6.61 Å². The molecule has 6 nitrogen and oxygen atoms in total. The summed E-state index contributed by atoms with van der Waals surface area (Å²) in [4.78, 5) is 35.4. The molecule has 0 aliphatic heterocycles. The van der Waals surface area contributed by atoms with Gasteiger partial charge in [-0.2, -0.15) is 13.2 Å². The minimum absolute atomic E-state index is 0.0301. The lowest BCUT2D eigenvalue weighted by molar-refractivity contribution is -0.149. The van der Waals surface area contributed by atoms with Crippen molar-refractivity contribution in [2.45, 2.75) is 32.0 Å². The third-order valence-electron chi connectivity index (χ3n) is 4.07. The smallest absolute Gasteiger partial charge is 0.416 e. The van der Waals surface area contributed by atoms with Crippen molar-refractivity contribution in [2.75, 3.05) is 11.9 Å². The summed E-state index contributed by atoms with van der Waals surface area (Å²) in [6.07, 6.45) is -5.13. The Bertz CT molecular complexity index is 885. The van der Waals surface area contributed by atoms with Gasteiger partial charge in [-0.3, -0.25) is 14.4 Å². The summed E-state index contributed by atoms with van der Waals surface area (Å²) in [5, 5.41) is 4.97. The van der Waals surface area contributed by atoms with Crippen LogP contribution in [-0.4, -0.2) is 24.4 Å². The molecule has 1 atom stereocenters. The molecule has 2 aromatic carbocycles. The van der Waals surface area contributed by atoms with E-state index in [9.17, 15) is 27.6 Å². The molecule has 0 fully saturated rings. The number of nitrogens with one attached hydrogen (secondary N) is 2. The number of carbonyl (C=O) groups is 3. The molecule has 0 saturated carbocycles. The minimum atomic E-state index is -4.52. The number of carbonyl (C=O) groups excluding carboxylic acids is 3. The highest BCUT2D eigenvalue weighted by molar-refractivity contribution is 5.92. The summed E-state index contributed by atoms with van der Waals surface area (Å²) in [5.41, 5.74) is -0.0311. The van der Waals surface area contributed by atoms with E-state index in [2.05, 4.69) is 10.6 Å². The van der Waals surface area contributed by atoms with E-state index in [4.69, 9.17) is 4.74 Å². The van der Waals surface area contributed by atoms with Crippen molar-refractivity contribution >= 4 is 23.5 Å². The second-order valence-electron chi connectivity index (χ2n) is 6.49. The van der Waals surface area contributed by atoms with Crippen LogP contribution in [0.5, 0.6) is 0 Å². The zero-order chi connectivity index (χ0) is 22.1. The Kier molecular flexibility index (Phi) is 7.97. The number of rotatable bonds is 8. The van der Waals surface area contributed by atoms with Crippen LogP contribution in [0.4, 0.5) is 18.9 Å². The van der Waals surface area contributed by atoms with Gasteiger partial charge in [0.2, 0.25) is 5.91 Å². The Morgan fingerprint density at radius 3 is 2.33 bits per heavy atom. The average Bonchev–Trinajstić information content (AvgIpc) is 2.71. The van der Waals surface area contributed by atoms with Gasteiger partial charge < -0.3 is 15.4 Å². The first-order valence-electron chi connectivity index (χ1n) is 9.12. The Hall–Kier alpha value is -3.36. The van der Waals surface area contributed by atoms with E-state index in [-0.39, 0.29) is 24.6 Å². The number of halogens is 3. The van der Waals surface area contributed by atoms with Crippen LogP contribution in [0.3, 0.4) is 0 Å². The molecule has 2 rings (SSSR count). The highest BCUT2D eigenvalue weighted by Crippen LogP contribution is 2.30. The summed E-state index contributed by atoms with van der Waals surface area (Å²) in [6, 6.07) is 13.1. The molecule has 0 aliphatic rings. The van der Waals surface area contributed by atoms with Gasteiger partial charge in [-0.25, -0.2) is 0 Å². The van der Waals surface area contributed by atoms with Gasteiger partial charge in [-0.15, -0.1) is 0 Å². The van der Waals surface area contributed by atoms with Crippen LogP contribution in [0.15, 0.2) is 54.6 Å². The SMILES string of the molecule is C[C@H](NC(=O)COC(=O)CCC(=O)Nc1cccc(C(F)(F)F)c1)c1ccccc1. The van der Waals surface area contributed by atoms with Gasteiger partial charge in [0, 0.05) is 12.1 Å². The number of amides is 2. The molecule has 0 aromatic heterocycles. The molecule has 2 amide bonds. The van der Waals surface area contributed by atoms with E-state index >= 15 is 0 Å². The highest BCUT2D eigenvalue weighted by Gasteiger charge is 2.30. The molecule has 0 saturated heterocycles. The first-order chi connectivity index (χ1) is 14.1. The molecular formula is C21H21F3N2O4. The first kappa shape index (κ1) is 22.9. The molecule has 9 heteroatoms. The lowest BCUT2D eigenvalue weighted by Crippen LogP contribution is -2.31.